The fraction of sp³-hybridized carbons (Fsp3) is 0.269. The van der Waals surface area contributed by atoms with Gasteiger partial charge in [0.05, 0.1) is 24.8 Å². The van der Waals surface area contributed by atoms with E-state index in [2.05, 4.69) is 10.2 Å². The second-order valence-corrected chi connectivity index (χ2v) is 10.2. The van der Waals surface area contributed by atoms with Gasteiger partial charge >= 0.3 is 0 Å². The number of amides is 1. The van der Waals surface area contributed by atoms with E-state index in [9.17, 15) is 17.6 Å². The Morgan fingerprint density at radius 3 is 2.19 bits per heavy atom. The highest BCUT2D eigenvalue weighted by atomic mass is 32.2. The van der Waals surface area contributed by atoms with Crippen molar-refractivity contribution >= 4 is 33.0 Å². The Morgan fingerprint density at radius 1 is 0.944 bits per heavy atom. The normalized spacial score (nSPS) is 13.4. The van der Waals surface area contributed by atoms with Crippen molar-refractivity contribution in [2.45, 2.75) is 17.7 Å². The minimum absolute atomic E-state index is 0.104. The first-order valence-corrected chi connectivity index (χ1v) is 12.9. The van der Waals surface area contributed by atoms with E-state index in [1.807, 2.05) is 12.1 Å². The molecule has 3 aromatic carbocycles. The number of rotatable bonds is 9. The van der Waals surface area contributed by atoms with Crippen molar-refractivity contribution in [3.63, 3.8) is 0 Å². The largest absolute Gasteiger partial charge is 0.493 e. The van der Waals surface area contributed by atoms with E-state index < -0.39 is 28.3 Å². The first kappa shape index (κ1) is 25.3. The summed E-state index contributed by atoms with van der Waals surface area (Å²) in [5.74, 6) is -0.484. The van der Waals surface area contributed by atoms with Crippen LogP contribution in [0.4, 0.5) is 21.5 Å². The number of sulfonamides is 1. The molecular formula is C26H28FN3O5S. The zero-order valence-corrected chi connectivity index (χ0v) is 20.9. The van der Waals surface area contributed by atoms with Crippen LogP contribution in [0.1, 0.15) is 12.8 Å². The van der Waals surface area contributed by atoms with Gasteiger partial charge < -0.3 is 19.7 Å². The Hall–Kier alpha value is -3.79. The highest BCUT2D eigenvalue weighted by molar-refractivity contribution is 7.92. The van der Waals surface area contributed by atoms with Crippen molar-refractivity contribution in [1.29, 1.82) is 0 Å². The topological polar surface area (TPSA) is 88.2 Å². The van der Waals surface area contributed by atoms with Gasteiger partial charge in [-0.3, -0.25) is 9.10 Å². The summed E-state index contributed by atoms with van der Waals surface area (Å²) in [5.41, 5.74) is 1.77. The molecule has 190 valence electrons. The number of nitrogens with one attached hydrogen (secondary N) is 1. The minimum atomic E-state index is -4.22. The van der Waals surface area contributed by atoms with E-state index in [0.29, 0.717) is 11.4 Å². The molecule has 1 saturated heterocycles. The molecule has 0 aliphatic carbocycles. The molecule has 1 aliphatic rings. The summed E-state index contributed by atoms with van der Waals surface area (Å²) in [7, 11) is -1.38. The summed E-state index contributed by atoms with van der Waals surface area (Å²) in [6.45, 7) is 1.49. The van der Waals surface area contributed by atoms with Crippen molar-refractivity contribution in [2.75, 3.05) is 48.4 Å². The first-order valence-electron chi connectivity index (χ1n) is 11.5. The number of nitrogens with zero attached hydrogens (tertiary/aromatic N) is 2. The van der Waals surface area contributed by atoms with Gasteiger partial charge in [0.2, 0.25) is 5.91 Å². The monoisotopic (exact) mass is 513 g/mol. The lowest BCUT2D eigenvalue weighted by Gasteiger charge is -2.24. The third-order valence-corrected chi connectivity index (χ3v) is 7.74. The molecule has 0 atom stereocenters. The molecule has 1 heterocycles. The molecule has 36 heavy (non-hydrogen) atoms. The summed E-state index contributed by atoms with van der Waals surface area (Å²) in [5, 5.41) is 2.75. The van der Waals surface area contributed by atoms with E-state index in [0.717, 1.165) is 48.1 Å². The molecule has 0 radical (unpaired) electrons. The van der Waals surface area contributed by atoms with Crippen LogP contribution >= 0.6 is 0 Å². The van der Waals surface area contributed by atoms with Gasteiger partial charge in [0.25, 0.3) is 10.0 Å². The van der Waals surface area contributed by atoms with Crippen LogP contribution in [-0.4, -0.2) is 48.2 Å². The van der Waals surface area contributed by atoms with Crippen LogP contribution in [0.5, 0.6) is 11.5 Å². The second-order valence-electron chi connectivity index (χ2n) is 8.29. The average Bonchev–Trinajstić information content (AvgIpc) is 3.43. The van der Waals surface area contributed by atoms with Gasteiger partial charge in [0.15, 0.2) is 11.5 Å². The Morgan fingerprint density at radius 2 is 1.58 bits per heavy atom. The maximum absolute atomic E-state index is 13.6. The minimum Gasteiger partial charge on any atom is -0.493 e. The Labute approximate surface area is 210 Å². The number of hydrogen-bond acceptors (Lipinski definition) is 6. The number of carbonyl (C=O) groups is 1. The van der Waals surface area contributed by atoms with Gasteiger partial charge in [-0.2, -0.15) is 0 Å². The molecule has 0 spiro atoms. The smallest absolute Gasteiger partial charge is 0.264 e. The van der Waals surface area contributed by atoms with E-state index in [1.165, 1.54) is 44.6 Å². The van der Waals surface area contributed by atoms with Crippen molar-refractivity contribution in [1.82, 2.24) is 0 Å². The highest BCUT2D eigenvalue weighted by Crippen LogP contribution is 2.32. The summed E-state index contributed by atoms with van der Waals surface area (Å²) < 4.78 is 52.2. The molecule has 0 unspecified atom stereocenters. The van der Waals surface area contributed by atoms with E-state index >= 15 is 0 Å². The third kappa shape index (κ3) is 5.54. The first-order chi connectivity index (χ1) is 17.3. The fourth-order valence-electron chi connectivity index (χ4n) is 4.09. The number of benzene rings is 3. The van der Waals surface area contributed by atoms with Crippen LogP contribution in [0.3, 0.4) is 0 Å². The standard InChI is InChI=1S/C26H28FN3O5S/c1-34-24-14-13-23(17-25(24)35-2)36(32,33)30(22-9-5-19(27)6-10-22)18-26(31)28-20-7-11-21(12-8-20)29-15-3-4-16-29/h5-14,17H,3-4,15-16,18H2,1-2H3,(H,28,31). The van der Waals surface area contributed by atoms with Gasteiger partial charge in [-0.1, -0.05) is 0 Å². The number of hydrogen-bond donors (Lipinski definition) is 1. The highest BCUT2D eigenvalue weighted by Gasteiger charge is 2.28. The fourth-order valence-corrected chi connectivity index (χ4v) is 5.53. The molecule has 1 aliphatic heterocycles. The van der Waals surface area contributed by atoms with E-state index in [1.54, 1.807) is 12.1 Å². The molecule has 10 heteroatoms. The molecule has 0 aromatic heterocycles. The van der Waals surface area contributed by atoms with Crippen molar-refractivity contribution in [3.8, 4) is 11.5 Å². The van der Waals surface area contributed by atoms with E-state index in [4.69, 9.17) is 9.47 Å². The van der Waals surface area contributed by atoms with Crippen LogP contribution in [0.15, 0.2) is 71.6 Å². The lowest BCUT2D eigenvalue weighted by atomic mass is 10.2. The summed E-state index contributed by atoms with van der Waals surface area (Å²) in [4.78, 5) is 15.1. The Bertz CT molecular complexity index is 1310. The molecule has 0 saturated carbocycles. The molecule has 1 amide bonds. The zero-order chi connectivity index (χ0) is 25.7. The third-order valence-electron chi connectivity index (χ3n) is 5.97. The molecule has 3 aromatic rings. The number of anilines is 3. The zero-order valence-electron chi connectivity index (χ0n) is 20.1. The molecular weight excluding hydrogens is 485 g/mol. The van der Waals surface area contributed by atoms with Gasteiger partial charge in [0.1, 0.15) is 12.4 Å². The Balaban J connectivity index is 1.59. The molecule has 4 rings (SSSR count). The van der Waals surface area contributed by atoms with Gasteiger partial charge in [-0.25, -0.2) is 12.8 Å². The van der Waals surface area contributed by atoms with Gasteiger partial charge in [0, 0.05) is 30.5 Å². The molecule has 0 bridgehead atoms. The van der Waals surface area contributed by atoms with Crippen LogP contribution in [0.2, 0.25) is 0 Å². The van der Waals surface area contributed by atoms with Crippen LogP contribution in [0.25, 0.3) is 0 Å². The predicted octanol–water partition coefficient (Wildman–Crippen LogP) is 4.28. The van der Waals surface area contributed by atoms with Crippen molar-refractivity contribution in [3.05, 3.63) is 72.5 Å². The summed E-state index contributed by atoms with van der Waals surface area (Å²) in [6.07, 6.45) is 2.32. The second kappa shape index (κ2) is 10.9. The predicted molar refractivity (Wildman–Crippen MR) is 137 cm³/mol. The quantitative estimate of drug-likeness (QED) is 0.460. The number of ether oxygens (including phenoxy) is 2. The number of halogens is 1. The number of methoxy groups -OCH3 is 2. The molecule has 1 fully saturated rings. The van der Waals surface area contributed by atoms with Crippen LogP contribution in [-0.2, 0) is 14.8 Å². The van der Waals surface area contributed by atoms with Crippen molar-refractivity contribution < 1.29 is 27.1 Å². The SMILES string of the molecule is COc1ccc(S(=O)(=O)N(CC(=O)Nc2ccc(N3CCCC3)cc2)c2ccc(F)cc2)cc1OC. The lowest BCUT2D eigenvalue weighted by molar-refractivity contribution is -0.114. The number of carbonyl (C=O) groups excluding carboxylic acids is 1. The van der Waals surface area contributed by atoms with Gasteiger partial charge in [-0.05, 0) is 73.5 Å². The van der Waals surface area contributed by atoms with Crippen LogP contribution < -0.4 is 24.0 Å². The Kier molecular flexibility index (Phi) is 7.64. The van der Waals surface area contributed by atoms with Gasteiger partial charge in [-0.15, -0.1) is 0 Å². The summed E-state index contributed by atoms with van der Waals surface area (Å²) in [6, 6.07) is 16.5. The molecule has 1 N–H and O–H groups in total. The van der Waals surface area contributed by atoms with Crippen LogP contribution in [0, 0.1) is 5.82 Å². The maximum atomic E-state index is 13.6. The maximum Gasteiger partial charge on any atom is 0.264 e. The average molecular weight is 514 g/mol. The van der Waals surface area contributed by atoms with Crippen molar-refractivity contribution in [2.24, 2.45) is 0 Å². The summed E-state index contributed by atoms with van der Waals surface area (Å²) >= 11 is 0. The lowest BCUT2D eigenvalue weighted by Crippen LogP contribution is -2.38. The molecule has 8 nitrogen and oxygen atoms in total. The van der Waals surface area contributed by atoms with E-state index in [-0.39, 0.29) is 16.3 Å².